The van der Waals surface area contributed by atoms with Gasteiger partial charge in [0.2, 0.25) is 0 Å². The van der Waals surface area contributed by atoms with Crippen LogP contribution in [0.3, 0.4) is 0 Å². The molecule has 3 N–H and O–H groups in total. The first-order valence-corrected chi connectivity index (χ1v) is 9.81. The van der Waals surface area contributed by atoms with Crippen LogP contribution in [0.1, 0.15) is 28.4 Å². The Balaban J connectivity index is 1.71. The van der Waals surface area contributed by atoms with Crippen molar-refractivity contribution in [2.45, 2.75) is 26.4 Å². The van der Waals surface area contributed by atoms with Gasteiger partial charge in [0.05, 0.1) is 11.3 Å². The Hall–Kier alpha value is -3.87. The molecule has 6 nitrogen and oxygen atoms in total. The van der Waals surface area contributed by atoms with Gasteiger partial charge in [-0.1, -0.05) is 17.7 Å². The van der Waals surface area contributed by atoms with Crippen LogP contribution in [0, 0.1) is 12.7 Å². The van der Waals surface area contributed by atoms with Crippen molar-refractivity contribution in [2.24, 2.45) is 0 Å². The van der Waals surface area contributed by atoms with E-state index in [4.69, 9.17) is 4.74 Å². The van der Waals surface area contributed by atoms with Crippen molar-refractivity contribution in [2.75, 3.05) is 10.6 Å². The quantitative estimate of drug-likeness (QED) is 0.523. The van der Waals surface area contributed by atoms with Crippen molar-refractivity contribution >= 4 is 23.4 Å². The molecule has 3 aromatic carbocycles. The highest BCUT2D eigenvalue weighted by molar-refractivity contribution is 6.02. The lowest BCUT2D eigenvalue weighted by Gasteiger charge is -2.15. The standard InChI is InChI=1S/C24H21FN2O4/c1-13-3-6-18(7-4-13)26-24(30)27-21-11-15(10-16-9-14(2)31-22(16)21)20-12-17(25)5-8-19(20)23(28)29/h3-8,10-12,14H,9H2,1-2H3,(H,28,29)(H2,26,27,30). The number of aryl methyl sites for hydroxylation is 1. The number of urea groups is 1. The lowest BCUT2D eigenvalue weighted by molar-refractivity contribution is 0.0697. The molecule has 1 unspecified atom stereocenters. The number of amides is 2. The van der Waals surface area contributed by atoms with E-state index in [-0.39, 0.29) is 17.2 Å². The van der Waals surface area contributed by atoms with Gasteiger partial charge in [-0.25, -0.2) is 14.0 Å². The normalized spacial score (nSPS) is 14.5. The SMILES string of the molecule is Cc1ccc(NC(=O)Nc2cc(-c3cc(F)ccc3C(=O)O)cc3c2OC(C)C3)cc1. The van der Waals surface area contributed by atoms with Gasteiger partial charge in [-0.15, -0.1) is 0 Å². The summed E-state index contributed by atoms with van der Waals surface area (Å²) in [5, 5.41) is 15.1. The third kappa shape index (κ3) is 4.35. The van der Waals surface area contributed by atoms with E-state index < -0.39 is 17.8 Å². The summed E-state index contributed by atoms with van der Waals surface area (Å²) in [5.74, 6) is -1.17. The maximum atomic E-state index is 13.9. The number of halogens is 1. The van der Waals surface area contributed by atoms with Crippen molar-refractivity contribution in [3.63, 3.8) is 0 Å². The first-order chi connectivity index (χ1) is 14.8. The van der Waals surface area contributed by atoms with Gasteiger partial charge in [-0.2, -0.15) is 0 Å². The molecule has 1 heterocycles. The summed E-state index contributed by atoms with van der Waals surface area (Å²) in [7, 11) is 0. The summed E-state index contributed by atoms with van der Waals surface area (Å²) in [6.45, 7) is 3.86. The van der Waals surface area contributed by atoms with Crippen LogP contribution in [0.4, 0.5) is 20.6 Å². The molecule has 7 heteroatoms. The van der Waals surface area contributed by atoms with Crippen molar-refractivity contribution in [1.29, 1.82) is 0 Å². The van der Waals surface area contributed by atoms with E-state index in [0.717, 1.165) is 17.2 Å². The van der Waals surface area contributed by atoms with E-state index in [0.29, 0.717) is 29.1 Å². The number of ether oxygens (including phenoxy) is 1. The van der Waals surface area contributed by atoms with Crippen molar-refractivity contribution in [3.05, 3.63) is 77.1 Å². The molecule has 31 heavy (non-hydrogen) atoms. The Labute approximate surface area is 178 Å². The van der Waals surface area contributed by atoms with E-state index >= 15 is 0 Å². The molecule has 1 aliphatic heterocycles. The monoisotopic (exact) mass is 420 g/mol. The van der Waals surface area contributed by atoms with Crippen LogP contribution in [0.5, 0.6) is 5.75 Å². The first kappa shape index (κ1) is 20.4. The van der Waals surface area contributed by atoms with Gasteiger partial charge in [0.25, 0.3) is 0 Å². The highest BCUT2D eigenvalue weighted by Gasteiger charge is 2.25. The third-order valence-corrected chi connectivity index (χ3v) is 5.07. The number of rotatable bonds is 4. The van der Waals surface area contributed by atoms with E-state index in [1.165, 1.54) is 12.1 Å². The van der Waals surface area contributed by atoms with Crippen molar-refractivity contribution in [3.8, 4) is 16.9 Å². The zero-order valence-corrected chi connectivity index (χ0v) is 17.0. The Morgan fingerprint density at radius 1 is 1.06 bits per heavy atom. The third-order valence-electron chi connectivity index (χ3n) is 5.07. The van der Waals surface area contributed by atoms with E-state index in [1.807, 2.05) is 26.0 Å². The van der Waals surface area contributed by atoms with Gasteiger partial charge >= 0.3 is 12.0 Å². The van der Waals surface area contributed by atoms with Crippen LogP contribution in [-0.4, -0.2) is 23.2 Å². The summed E-state index contributed by atoms with van der Waals surface area (Å²) < 4.78 is 19.8. The molecule has 0 aliphatic carbocycles. The Bertz CT molecular complexity index is 1170. The van der Waals surface area contributed by atoms with Gasteiger partial charge in [-0.3, -0.25) is 0 Å². The number of carboxylic acids is 1. The number of hydrogen-bond donors (Lipinski definition) is 3. The van der Waals surface area contributed by atoms with Crippen LogP contribution in [0.15, 0.2) is 54.6 Å². The fourth-order valence-corrected chi connectivity index (χ4v) is 3.64. The van der Waals surface area contributed by atoms with E-state index in [2.05, 4.69) is 10.6 Å². The summed E-state index contributed by atoms with van der Waals surface area (Å²) in [6, 6.07) is 13.8. The van der Waals surface area contributed by atoms with Gasteiger partial charge < -0.3 is 20.5 Å². The van der Waals surface area contributed by atoms with Gasteiger partial charge in [-0.05, 0) is 67.4 Å². The number of carbonyl (C=O) groups is 2. The largest absolute Gasteiger partial charge is 0.488 e. The Morgan fingerprint density at radius 2 is 1.81 bits per heavy atom. The first-order valence-electron chi connectivity index (χ1n) is 9.81. The number of nitrogens with one attached hydrogen (secondary N) is 2. The molecule has 3 aromatic rings. The van der Waals surface area contributed by atoms with Crippen LogP contribution in [0.25, 0.3) is 11.1 Å². The summed E-state index contributed by atoms with van der Waals surface area (Å²) >= 11 is 0. The molecule has 1 aliphatic rings. The predicted molar refractivity (Wildman–Crippen MR) is 116 cm³/mol. The van der Waals surface area contributed by atoms with E-state index in [9.17, 15) is 19.1 Å². The average Bonchev–Trinajstić information content (AvgIpc) is 3.10. The molecule has 0 fully saturated rings. The number of hydrogen-bond acceptors (Lipinski definition) is 3. The molecule has 4 rings (SSSR count). The molecule has 1 atom stereocenters. The number of anilines is 2. The second-order valence-corrected chi connectivity index (χ2v) is 7.58. The fraction of sp³-hybridized carbons (Fsp3) is 0.167. The van der Waals surface area contributed by atoms with Gasteiger partial charge in [0, 0.05) is 17.7 Å². The number of fused-ring (bicyclic) bond motifs is 1. The Kier molecular flexibility index (Phi) is 5.33. The zero-order valence-electron chi connectivity index (χ0n) is 17.0. The number of carboxylic acid groups (broad SMARTS) is 1. The maximum Gasteiger partial charge on any atom is 0.336 e. The highest BCUT2D eigenvalue weighted by atomic mass is 19.1. The molecule has 0 saturated heterocycles. The second kappa shape index (κ2) is 8.10. The smallest absolute Gasteiger partial charge is 0.336 e. The molecule has 0 spiro atoms. The minimum Gasteiger partial charge on any atom is -0.488 e. The minimum absolute atomic E-state index is 0.0247. The van der Waals surface area contributed by atoms with Gasteiger partial charge in [0.1, 0.15) is 17.7 Å². The van der Waals surface area contributed by atoms with E-state index in [1.54, 1.807) is 24.3 Å². The maximum absolute atomic E-state index is 13.9. The van der Waals surface area contributed by atoms with Crippen molar-refractivity contribution < 1.29 is 23.8 Å². The zero-order chi connectivity index (χ0) is 22.1. The average molecular weight is 420 g/mol. The molecular weight excluding hydrogens is 399 g/mol. The van der Waals surface area contributed by atoms with Crippen LogP contribution in [0.2, 0.25) is 0 Å². The molecule has 0 saturated carbocycles. The second-order valence-electron chi connectivity index (χ2n) is 7.58. The minimum atomic E-state index is -1.16. The molecular formula is C24H21FN2O4. The Morgan fingerprint density at radius 3 is 2.52 bits per heavy atom. The lowest BCUT2D eigenvalue weighted by atomic mass is 9.96. The lowest BCUT2D eigenvalue weighted by Crippen LogP contribution is -2.20. The van der Waals surface area contributed by atoms with Crippen LogP contribution in [-0.2, 0) is 6.42 Å². The molecule has 0 bridgehead atoms. The molecule has 158 valence electrons. The topological polar surface area (TPSA) is 87.7 Å². The highest BCUT2D eigenvalue weighted by Crippen LogP contribution is 2.41. The number of aromatic carboxylic acids is 1. The summed E-state index contributed by atoms with van der Waals surface area (Å²) in [6.07, 6.45) is 0.493. The van der Waals surface area contributed by atoms with Crippen LogP contribution >= 0.6 is 0 Å². The van der Waals surface area contributed by atoms with Gasteiger partial charge in [0.15, 0.2) is 0 Å². The van der Waals surface area contributed by atoms with Crippen molar-refractivity contribution in [1.82, 2.24) is 0 Å². The number of benzene rings is 3. The molecule has 0 aromatic heterocycles. The fourth-order valence-electron chi connectivity index (χ4n) is 3.64. The molecule has 0 radical (unpaired) electrons. The summed E-state index contributed by atoms with van der Waals surface area (Å²) in [5.41, 5.74) is 3.60. The molecule has 2 amide bonds. The number of carbonyl (C=O) groups excluding carboxylic acids is 1. The predicted octanol–water partition coefficient (Wildman–Crippen LogP) is 5.47. The van der Waals surface area contributed by atoms with Crippen LogP contribution < -0.4 is 15.4 Å². The summed E-state index contributed by atoms with van der Waals surface area (Å²) in [4.78, 5) is 24.2.